The molecule has 0 radical (unpaired) electrons. The fraction of sp³-hybridized carbons (Fsp3) is 0.500. The molecule has 1 N–H and O–H groups in total. The van der Waals surface area contributed by atoms with Crippen molar-refractivity contribution in [2.45, 2.75) is 45.3 Å². The van der Waals surface area contributed by atoms with Crippen molar-refractivity contribution in [3.63, 3.8) is 0 Å². The molecule has 120 valence electrons. The Morgan fingerprint density at radius 2 is 2.00 bits per heavy atom. The molecule has 1 atom stereocenters. The SMILES string of the molecule is CC(C)(C)OC(=O)N1CCC[C@@H]1C(=O)Nc1ccccc1F. The molecular formula is C16H21FN2O3. The molecule has 2 amide bonds. The maximum absolute atomic E-state index is 13.6. The van der Waals surface area contributed by atoms with Gasteiger partial charge in [-0.25, -0.2) is 9.18 Å². The zero-order chi connectivity index (χ0) is 16.3. The minimum absolute atomic E-state index is 0.114. The van der Waals surface area contributed by atoms with Gasteiger partial charge in [-0.2, -0.15) is 0 Å². The van der Waals surface area contributed by atoms with Gasteiger partial charge in [0.15, 0.2) is 0 Å². The third kappa shape index (κ3) is 3.96. The number of carbonyl (C=O) groups is 2. The minimum Gasteiger partial charge on any atom is -0.444 e. The van der Waals surface area contributed by atoms with E-state index in [1.807, 2.05) is 0 Å². The summed E-state index contributed by atoms with van der Waals surface area (Å²) >= 11 is 0. The second kappa shape index (κ2) is 6.34. The maximum Gasteiger partial charge on any atom is 0.410 e. The number of ether oxygens (including phenoxy) is 1. The van der Waals surface area contributed by atoms with Gasteiger partial charge < -0.3 is 10.1 Å². The van der Waals surface area contributed by atoms with Crippen molar-refractivity contribution >= 4 is 17.7 Å². The molecule has 0 aromatic heterocycles. The third-order valence-corrected chi connectivity index (χ3v) is 3.32. The van der Waals surface area contributed by atoms with Crippen LogP contribution in [0.4, 0.5) is 14.9 Å². The van der Waals surface area contributed by atoms with Gasteiger partial charge >= 0.3 is 6.09 Å². The molecule has 0 saturated carbocycles. The van der Waals surface area contributed by atoms with Crippen LogP contribution in [-0.2, 0) is 9.53 Å². The Hall–Kier alpha value is -2.11. The Bertz CT molecular complexity index is 569. The van der Waals surface area contributed by atoms with Crippen molar-refractivity contribution in [3.05, 3.63) is 30.1 Å². The lowest BCUT2D eigenvalue weighted by Crippen LogP contribution is -2.45. The molecule has 2 rings (SSSR count). The van der Waals surface area contributed by atoms with Crippen molar-refractivity contribution < 1.29 is 18.7 Å². The highest BCUT2D eigenvalue weighted by Gasteiger charge is 2.36. The number of rotatable bonds is 2. The van der Waals surface area contributed by atoms with E-state index < -0.39 is 29.5 Å². The molecular weight excluding hydrogens is 287 g/mol. The number of likely N-dealkylation sites (tertiary alicyclic amines) is 1. The number of halogens is 1. The molecule has 0 aliphatic carbocycles. The topological polar surface area (TPSA) is 58.6 Å². The zero-order valence-electron chi connectivity index (χ0n) is 13.1. The van der Waals surface area contributed by atoms with Crippen LogP contribution in [0.15, 0.2) is 24.3 Å². The van der Waals surface area contributed by atoms with E-state index in [0.29, 0.717) is 19.4 Å². The summed E-state index contributed by atoms with van der Waals surface area (Å²) in [4.78, 5) is 25.9. The second-order valence-electron chi connectivity index (χ2n) is 6.30. The monoisotopic (exact) mass is 308 g/mol. The normalized spacial score (nSPS) is 18.2. The van der Waals surface area contributed by atoms with Crippen molar-refractivity contribution in [2.75, 3.05) is 11.9 Å². The predicted octanol–water partition coefficient (Wildman–Crippen LogP) is 3.16. The summed E-state index contributed by atoms with van der Waals surface area (Å²) in [5.74, 6) is -0.897. The molecule has 0 unspecified atom stereocenters. The van der Waals surface area contributed by atoms with Gasteiger partial charge in [-0.1, -0.05) is 12.1 Å². The quantitative estimate of drug-likeness (QED) is 0.913. The van der Waals surface area contributed by atoms with Crippen molar-refractivity contribution in [2.24, 2.45) is 0 Å². The third-order valence-electron chi connectivity index (χ3n) is 3.32. The van der Waals surface area contributed by atoms with E-state index >= 15 is 0 Å². The second-order valence-corrected chi connectivity index (χ2v) is 6.30. The summed E-state index contributed by atoms with van der Waals surface area (Å²) < 4.78 is 18.9. The van der Waals surface area contributed by atoms with Gasteiger partial charge in [0.1, 0.15) is 17.5 Å². The first-order valence-electron chi connectivity index (χ1n) is 7.33. The van der Waals surface area contributed by atoms with Crippen LogP contribution >= 0.6 is 0 Å². The van der Waals surface area contributed by atoms with E-state index in [2.05, 4.69) is 5.32 Å². The van der Waals surface area contributed by atoms with Crippen LogP contribution in [0.5, 0.6) is 0 Å². The lowest BCUT2D eigenvalue weighted by molar-refractivity contribution is -0.120. The highest BCUT2D eigenvalue weighted by molar-refractivity contribution is 5.96. The highest BCUT2D eigenvalue weighted by atomic mass is 19.1. The van der Waals surface area contributed by atoms with Crippen molar-refractivity contribution in [3.8, 4) is 0 Å². The summed E-state index contributed by atoms with van der Waals surface area (Å²) in [6.45, 7) is 5.78. The van der Waals surface area contributed by atoms with Gasteiger partial charge in [0.2, 0.25) is 5.91 Å². The molecule has 1 saturated heterocycles. The first kappa shape index (κ1) is 16.3. The van der Waals surface area contributed by atoms with Crippen LogP contribution < -0.4 is 5.32 Å². The summed E-state index contributed by atoms with van der Waals surface area (Å²) in [5.41, 5.74) is -0.504. The Labute approximate surface area is 129 Å². The zero-order valence-corrected chi connectivity index (χ0v) is 13.1. The maximum atomic E-state index is 13.6. The van der Waals surface area contributed by atoms with Crippen LogP contribution in [-0.4, -0.2) is 35.1 Å². The fourth-order valence-electron chi connectivity index (χ4n) is 2.36. The van der Waals surface area contributed by atoms with Gasteiger partial charge in [0, 0.05) is 6.54 Å². The Morgan fingerprint density at radius 1 is 1.32 bits per heavy atom. The van der Waals surface area contributed by atoms with E-state index in [0.717, 1.165) is 0 Å². The Balaban J connectivity index is 2.05. The molecule has 5 nitrogen and oxygen atoms in total. The van der Waals surface area contributed by atoms with E-state index in [-0.39, 0.29) is 5.69 Å². The van der Waals surface area contributed by atoms with Crippen LogP contribution in [0.1, 0.15) is 33.6 Å². The summed E-state index contributed by atoms with van der Waals surface area (Å²) in [6, 6.07) is 5.32. The molecule has 0 bridgehead atoms. The molecule has 1 fully saturated rings. The number of amides is 2. The van der Waals surface area contributed by atoms with Gasteiger partial charge in [-0.15, -0.1) is 0 Å². The van der Waals surface area contributed by atoms with Crippen LogP contribution in [0.2, 0.25) is 0 Å². The first-order chi connectivity index (χ1) is 10.3. The minimum atomic E-state index is -0.630. The van der Waals surface area contributed by atoms with E-state index in [1.165, 1.54) is 17.0 Å². The standard InChI is InChI=1S/C16H21FN2O3/c1-16(2,3)22-15(21)19-10-6-9-13(19)14(20)18-12-8-5-4-7-11(12)17/h4-5,7-8,13H,6,9-10H2,1-3H3,(H,18,20)/t13-/m1/s1. The van der Waals surface area contributed by atoms with E-state index in [1.54, 1.807) is 32.9 Å². The molecule has 22 heavy (non-hydrogen) atoms. The van der Waals surface area contributed by atoms with Gasteiger partial charge in [-0.3, -0.25) is 9.69 Å². The van der Waals surface area contributed by atoms with Gasteiger partial charge in [0.25, 0.3) is 0 Å². The molecule has 1 heterocycles. The van der Waals surface area contributed by atoms with Crippen LogP contribution in [0, 0.1) is 5.82 Å². The van der Waals surface area contributed by atoms with E-state index in [4.69, 9.17) is 4.74 Å². The van der Waals surface area contributed by atoms with Crippen molar-refractivity contribution in [1.29, 1.82) is 0 Å². The predicted molar refractivity (Wildman–Crippen MR) is 81.0 cm³/mol. The number of hydrogen-bond acceptors (Lipinski definition) is 3. The van der Waals surface area contributed by atoms with Crippen molar-refractivity contribution in [1.82, 2.24) is 4.90 Å². The molecule has 1 aliphatic heterocycles. The largest absolute Gasteiger partial charge is 0.444 e. The number of nitrogens with zero attached hydrogens (tertiary/aromatic N) is 1. The fourth-order valence-corrected chi connectivity index (χ4v) is 2.36. The van der Waals surface area contributed by atoms with Crippen LogP contribution in [0.3, 0.4) is 0 Å². The number of carbonyl (C=O) groups excluding carboxylic acids is 2. The van der Waals surface area contributed by atoms with Gasteiger partial charge in [0.05, 0.1) is 5.69 Å². The Kier molecular flexibility index (Phi) is 4.68. The molecule has 1 aliphatic rings. The van der Waals surface area contributed by atoms with Gasteiger partial charge in [-0.05, 0) is 45.7 Å². The number of benzene rings is 1. The number of hydrogen-bond donors (Lipinski definition) is 1. The molecule has 1 aromatic rings. The summed E-state index contributed by atoms with van der Waals surface area (Å²) in [5, 5.41) is 2.54. The van der Waals surface area contributed by atoms with E-state index in [9.17, 15) is 14.0 Å². The molecule has 6 heteroatoms. The molecule has 1 aromatic carbocycles. The van der Waals surface area contributed by atoms with Crippen LogP contribution in [0.25, 0.3) is 0 Å². The number of para-hydroxylation sites is 1. The summed E-state index contributed by atoms with van der Waals surface area (Å²) in [7, 11) is 0. The number of anilines is 1. The smallest absolute Gasteiger partial charge is 0.410 e. The number of nitrogens with one attached hydrogen (secondary N) is 1. The lowest BCUT2D eigenvalue weighted by atomic mass is 10.2. The summed E-state index contributed by atoms with van der Waals surface area (Å²) in [6.07, 6.45) is 0.743. The lowest BCUT2D eigenvalue weighted by Gasteiger charge is -2.28. The Morgan fingerprint density at radius 3 is 2.64 bits per heavy atom. The molecule has 0 spiro atoms. The average molecular weight is 308 g/mol. The first-order valence-corrected chi connectivity index (χ1v) is 7.33. The highest BCUT2D eigenvalue weighted by Crippen LogP contribution is 2.22. The average Bonchev–Trinajstić information content (AvgIpc) is 2.89.